The van der Waals surface area contributed by atoms with Crippen molar-refractivity contribution in [3.8, 4) is 5.75 Å². The summed E-state index contributed by atoms with van der Waals surface area (Å²) < 4.78 is 5.15. The topological polar surface area (TPSA) is 29.5 Å². The fourth-order valence-corrected chi connectivity index (χ4v) is 3.25. The van der Waals surface area contributed by atoms with Crippen molar-refractivity contribution in [1.82, 2.24) is 4.90 Å². The van der Waals surface area contributed by atoms with Crippen molar-refractivity contribution in [3.63, 3.8) is 0 Å². The standard InChI is InChI=1S/C19H23NO2S/c1-14-5-11-18(12-6-14)23-15(2)19(21)20(3)13-16-7-9-17(22-4)10-8-16/h5-12,15H,13H2,1-4H3/t15-/m0/s1. The second kappa shape index (κ2) is 8.06. The fourth-order valence-electron chi connectivity index (χ4n) is 2.26. The molecule has 4 heteroatoms. The number of methoxy groups -OCH3 is 1. The number of nitrogens with zero attached hydrogens (tertiary/aromatic N) is 1. The number of amides is 1. The maximum Gasteiger partial charge on any atom is 0.235 e. The molecule has 2 aromatic carbocycles. The molecular weight excluding hydrogens is 306 g/mol. The Labute approximate surface area is 142 Å². The molecule has 0 aliphatic heterocycles. The highest BCUT2D eigenvalue weighted by Crippen LogP contribution is 2.25. The molecule has 0 saturated carbocycles. The molecule has 0 aromatic heterocycles. The van der Waals surface area contributed by atoms with Crippen molar-refractivity contribution in [1.29, 1.82) is 0 Å². The molecule has 2 rings (SSSR count). The normalized spacial score (nSPS) is 11.8. The minimum Gasteiger partial charge on any atom is -0.497 e. The lowest BCUT2D eigenvalue weighted by molar-refractivity contribution is -0.129. The largest absolute Gasteiger partial charge is 0.497 e. The van der Waals surface area contributed by atoms with Gasteiger partial charge in [0.05, 0.1) is 12.4 Å². The van der Waals surface area contributed by atoms with Crippen molar-refractivity contribution < 1.29 is 9.53 Å². The molecule has 0 spiro atoms. The first kappa shape index (κ1) is 17.4. The predicted molar refractivity (Wildman–Crippen MR) is 96.0 cm³/mol. The molecule has 1 amide bonds. The molecular formula is C19H23NO2S. The molecule has 1 atom stereocenters. The molecule has 0 heterocycles. The smallest absolute Gasteiger partial charge is 0.235 e. The van der Waals surface area contributed by atoms with Crippen LogP contribution >= 0.6 is 11.8 Å². The van der Waals surface area contributed by atoms with Crippen molar-refractivity contribution in [2.75, 3.05) is 14.2 Å². The maximum absolute atomic E-state index is 12.5. The molecule has 0 N–H and O–H groups in total. The third kappa shape index (κ3) is 5.03. The average Bonchev–Trinajstić information content (AvgIpc) is 2.56. The monoisotopic (exact) mass is 329 g/mol. The fraction of sp³-hybridized carbons (Fsp3) is 0.316. The Bertz CT molecular complexity index is 637. The zero-order chi connectivity index (χ0) is 16.8. The van der Waals surface area contributed by atoms with Gasteiger partial charge in [0.15, 0.2) is 0 Å². The molecule has 0 saturated heterocycles. The van der Waals surface area contributed by atoms with E-state index in [1.807, 2.05) is 38.2 Å². The third-order valence-electron chi connectivity index (χ3n) is 3.64. The van der Waals surface area contributed by atoms with E-state index in [4.69, 9.17) is 4.74 Å². The Morgan fingerprint density at radius 3 is 2.30 bits per heavy atom. The first-order valence-electron chi connectivity index (χ1n) is 7.61. The molecule has 23 heavy (non-hydrogen) atoms. The van der Waals surface area contributed by atoms with Gasteiger partial charge in [-0.15, -0.1) is 11.8 Å². The summed E-state index contributed by atoms with van der Waals surface area (Å²) in [5.74, 6) is 0.956. The van der Waals surface area contributed by atoms with Crippen molar-refractivity contribution in [3.05, 3.63) is 59.7 Å². The number of thioether (sulfide) groups is 1. The van der Waals surface area contributed by atoms with Crippen LogP contribution in [0, 0.1) is 6.92 Å². The SMILES string of the molecule is COc1ccc(CN(C)C(=O)[C@H](C)Sc2ccc(C)cc2)cc1. The van der Waals surface area contributed by atoms with Gasteiger partial charge >= 0.3 is 0 Å². The molecule has 0 fully saturated rings. The number of carbonyl (C=O) groups is 1. The van der Waals surface area contributed by atoms with Gasteiger partial charge in [-0.05, 0) is 43.7 Å². The van der Waals surface area contributed by atoms with E-state index >= 15 is 0 Å². The van der Waals surface area contributed by atoms with Gasteiger partial charge in [0.25, 0.3) is 0 Å². The van der Waals surface area contributed by atoms with Gasteiger partial charge < -0.3 is 9.64 Å². The molecule has 0 bridgehead atoms. The van der Waals surface area contributed by atoms with E-state index in [0.717, 1.165) is 16.2 Å². The minimum atomic E-state index is -0.110. The van der Waals surface area contributed by atoms with E-state index in [0.29, 0.717) is 6.54 Å². The van der Waals surface area contributed by atoms with Crippen LogP contribution in [-0.2, 0) is 11.3 Å². The van der Waals surface area contributed by atoms with Gasteiger partial charge in [0.1, 0.15) is 5.75 Å². The van der Waals surface area contributed by atoms with Gasteiger partial charge in [-0.2, -0.15) is 0 Å². The molecule has 122 valence electrons. The van der Waals surface area contributed by atoms with Crippen molar-refractivity contribution in [2.45, 2.75) is 30.5 Å². The summed E-state index contributed by atoms with van der Waals surface area (Å²) in [6.45, 7) is 4.62. The minimum absolute atomic E-state index is 0.110. The molecule has 0 aliphatic carbocycles. The number of ether oxygens (including phenoxy) is 1. The number of hydrogen-bond acceptors (Lipinski definition) is 3. The van der Waals surface area contributed by atoms with Gasteiger partial charge in [-0.25, -0.2) is 0 Å². The van der Waals surface area contributed by atoms with Crippen molar-refractivity contribution >= 4 is 17.7 Å². The van der Waals surface area contributed by atoms with Crippen molar-refractivity contribution in [2.24, 2.45) is 0 Å². The first-order valence-corrected chi connectivity index (χ1v) is 8.49. The lowest BCUT2D eigenvalue weighted by Gasteiger charge is -2.21. The van der Waals surface area contributed by atoms with Crippen LogP contribution < -0.4 is 4.74 Å². The Morgan fingerprint density at radius 1 is 1.13 bits per heavy atom. The van der Waals surface area contributed by atoms with E-state index < -0.39 is 0 Å². The van der Waals surface area contributed by atoms with Gasteiger partial charge in [0.2, 0.25) is 5.91 Å². The van der Waals surface area contributed by atoms with Gasteiger partial charge in [-0.3, -0.25) is 4.79 Å². The van der Waals surface area contributed by atoms with E-state index in [1.54, 1.807) is 23.8 Å². The van der Waals surface area contributed by atoms with Crippen LogP contribution in [0.5, 0.6) is 5.75 Å². The Kier molecular flexibility index (Phi) is 6.11. The number of aryl methyl sites for hydroxylation is 1. The number of rotatable bonds is 6. The Hall–Kier alpha value is -1.94. The number of hydrogen-bond donors (Lipinski definition) is 0. The van der Waals surface area contributed by atoms with Gasteiger partial charge in [-0.1, -0.05) is 29.8 Å². The first-order chi connectivity index (χ1) is 11.0. The zero-order valence-electron chi connectivity index (χ0n) is 14.1. The highest BCUT2D eigenvalue weighted by atomic mass is 32.2. The van der Waals surface area contributed by atoms with Crippen LogP contribution in [0.15, 0.2) is 53.4 Å². The second-order valence-corrected chi connectivity index (χ2v) is 7.03. The molecule has 0 unspecified atom stereocenters. The quantitative estimate of drug-likeness (QED) is 0.746. The van der Waals surface area contributed by atoms with E-state index in [9.17, 15) is 4.79 Å². The maximum atomic E-state index is 12.5. The van der Waals surface area contributed by atoms with E-state index in [2.05, 4.69) is 31.2 Å². The Balaban J connectivity index is 1.93. The summed E-state index contributed by atoms with van der Waals surface area (Å²) in [7, 11) is 3.49. The number of benzene rings is 2. The molecule has 3 nitrogen and oxygen atoms in total. The number of carbonyl (C=O) groups excluding carboxylic acids is 1. The summed E-state index contributed by atoms with van der Waals surface area (Å²) >= 11 is 1.59. The zero-order valence-corrected chi connectivity index (χ0v) is 14.9. The van der Waals surface area contributed by atoms with Crippen LogP contribution in [0.2, 0.25) is 0 Å². The van der Waals surface area contributed by atoms with E-state index in [1.165, 1.54) is 5.56 Å². The average molecular weight is 329 g/mol. The van der Waals surface area contributed by atoms with Crippen LogP contribution in [0.3, 0.4) is 0 Å². The summed E-state index contributed by atoms with van der Waals surface area (Å²) in [4.78, 5) is 15.4. The predicted octanol–water partition coefficient (Wildman–Crippen LogP) is 4.14. The van der Waals surface area contributed by atoms with Crippen LogP contribution in [0.25, 0.3) is 0 Å². The molecule has 0 radical (unpaired) electrons. The molecule has 0 aliphatic rings. The lowest BCUT2D eigenvalue weighted by Crippen LogP contribution is -2.32. The second-order valence-electron chi connectivity index (χ2n) is 5.62. The van der Waals surface area contributed by atoms with Crippen LogP contribution in [-0.4, -0.2) is 30.2 Å². The summed E-state index contributed by atoms with van der Waals surface area (Å²) in [6, 6.07) is 16.1. The summed E-state index contributed by atoms with van der Waals surface area (Å²) in [5.41, 5.74) is 2.32. The van der Waals surface area contributed by atoms with Crippen LogP contribution in [0.1, 0.15) is 18.1 Å². The van der Waals surface area contributed by atoms with Crippen LogP contribution in [0.4, 0.5) is 0 Å². The Morgan fingerprint density at radius 2 is 1.74 bits per heavy atom. The third-order valence-corrected chi connectivity index (χ3v) is 4.74. The van der Waals surface area contributed by atoms with Gasteiger partial charge in [0, 0.05) is 18.5 Å². The summed E-state index contributed by atoms with van der Waals surface area (Å²) in [6.07, 6.45) is 0. The highest BCUT2D eigenvalue weighted by molar-refractivity contribution is 8.00. The summed E-state index contributed by atoms with van der Waals surface area (Å²) in [5, 5.41) is -0.110. The highest BCUT2D eigenvalue weighted by Gasteiger charge is 2.18. The van der Waals surface area contributed by atoms with E-state index in [-0.39, 0.29) is 11.2 Å². The molecule has 2 aromatic rings. The lowest BCUT2D eigenvalue weighted by atomic mass is 10.2.